The Kier molecular flexibility index (Phi) is 4.31. The zero-order valence-corrected chi connectivity index (χ0v) is 14.2. The van der Waals surface area contributed by atoms with Crippen molar-refractivity contribution in [1.29, 1.82) is 0 Å². The lowest BCUT2D eigenvalue weighted by Crippen LogP contribution is -2.13. The fourth-order valence-electron chi connectivity index (χ4n) is 3.54. The lowest BCUT2D eigenvalue weighted by atomic mass is 9.87. The van der Waals surface area contributed by atoms with Gasteiger partial charge in [0, 0.05) is 6.42 Å². The van der Waals surface area contributed by atoms with Gasteiger partial charge < -0.3 is 9.15 Å². The van der Waals surface area contributed by atoms with Gasteiger partial charge in [0.2, 0.25) is 0 Å². The van der Waals surface area contributed by atoms with E-state index in [0.29, 0.717) is 12.0 Å². The van der Waals surface area contributed by atoms with E-state index in [0.717, 1.165) is 37.9 Å². The number of ether oxygens (including phenoxy) is 1. The van der Waals surface area contributed by atoms with Gasteiger partial charge in [-0.25, -0.2) is 0 Å². The van der Waals surface area contributed by atoms with Crippen molar-refractivity contribution in [2.75, 3.05) is 0 Å². The summed E-state index contributed by atoms with van der Waals surface area (Å²) in [5.41, 5.74) is 4.06. The Morgan fingerprint density at radius 1 is 1.36 bits per heavy atom. The van der Waals surface area contributed by atoms with Gasteiger partial charge in [0.15, 0.2) is 0 Å². The van der Waals surface area contributed by atoms with E-state index in [1.807, 2.05) is 6.26 Å². The first-order valence-corrected chi connectivity index (χ1v) is 8.51. The number of rotatable bonds is 1. The van der Waals surface area contributed by atoms with Crippen LogP contribution in [0.4, 0.5) is 0 Å². The van der Waals surface area contributed by atoms with Crippen molar-refractivity contribution < 1.29 is 9.15 Å². The third-order valence-electron chi connectivity index (χ3n) is 5.33. The quantitative estimate of drug-likeness (QED) is 0.524. The molecule has 2 aliphatic rings. The summed E-state index contributed by atoms with van der Waals surface area (Å²) in [4.78, 5) is 0. The van der Waals surface area contributed by atoms with E-state index in [9.17, 15) is 0 Å². The molecular weight excluding hydrogens is 272 g/mol. The average Bonchev–Trinajstić information content (AvgIpc) is 2.89. The molecule has 3 rings (SSSR count). The minimum absolute atomic E-state index is 0.0864. The molecule has 0 amide bonds. The Balaban J connectivity index is 1.78. The second-order valence-electron chi connectivity index (χ2n) is 7.42. The molecule has 0 N–H and O–H groups in total. The van der Waals surface area contributed by atoms with Gasteiger partial charge in [-0.3, -0.25) is 0 Å². The third-order valence-corrected chi connectivity index (χ3v) is 5.33. The highest BCUT2D eigenvalue weighted by Gasteiger charge is 2.51. The summed E-state index contributed by atoms with van der Waals surface area (Å²) in [6.07, 6.45) is 11.2. The predicted octanol–water partition coefficient (Wildman–Crippen LogP) is 5.23. The van der Waals surface area contributed by atoms with E-state index in [1.165, 1.54) is 23.1 Å². The molecule has 1 saturated heterocycles. The first-order chi connectivity index (χ1) is 10.5. The first kappa shape index (κ1) is 15.6. The summed E-state index contributed by atoms with van der Waals surface area (Å²) in [7, 11) is 0. The van der Waals surface area contributed by atoms with Crippen molar-refractivity contribution in [1.82, 2.24) is 0 Å². The Hall–Kier alpha value is -1.28. The SMILES string of the molecule is C=C(C)[C@@H]1CC=C(C)Cc2cc(co2)CC[C@@H]2O[C@@]2(C)CC1. The van der Waals surface area contributed by atoms with Crippen LogP contribution in [0.5, 0.6) is 0 Å². The van der Waals surface area contributed by atoms with Crippen molar-refractivity contribution in [2.24, 2.45) is 5.92 Å². The van der Waals surface area contributed by atoms with Crippen LogP contribution in [0, 0.1) is 5.92 Å². The van der Waals surface area contributed by atoms with Gasteiger partial charge in [0.1, 0.15) is 5.76 Å². The molecule has 1 fully saturated rings. The van der Waals surface area contributed by atoms with Crippen LogP contribution < -0.4 is 0 Å². The highest BCUT2D eigenvalue weighted by atomic mass is 16.6. The Labute approximate surface area is 134 Å². The number of allylic oxidation sites excluding steroid dienone is 3. The molecule has 22 heavy (non-hydrogen) atoms. The zero-order valence-electron chi connectivity index (χ0n) is 14.2. The maximum absolute atomic E-state index is 6.00. The topological polar surface area (TPSA) is 25.7 Å². The lowest BCUT2D eigenvalue weighted by Gasteiger charge is -2.17. The molecule has 0 radical (unpaired) electrons. The van der Waals surface area contributed by atoms with Crippen LogP contribution in [0.1, 0.15) is 57.8 Å². The minimum Gasteiger partial charge on any atom is -0.469 e. The van der Waals surface area contributed by atoms with E-state index in [1.54, 1.807) is 0 Å². The highest BCUT2D eigenvalue weighted by Crippen LogP contribution is 2.44. The molecule has 120 valence electrons. The average molecular weight is 300 g/mol. The maximum Gasteiger partial charge on any atom is 0.108 e. The molecule has 0 aromatic carbocycles. The minimum atomic E-state index is 0.0864. The number of epoxide rings is 1. The molecule has 2 bridgehead atoms. The molecule has 2 heteroatoms. The smallest absolute Gasteiger partial charge is 0.108 e. The summed E-state index contributed by atoms with van der Waals surface area (Å²) in [5.74, 6) is 1.64. The fraction of sp³-hybridized carbons (Fsp3) is 0.600. The summed E-state index contributed by atoms with van der Waals surface area (Å²) >= 11 is 0. The molecule has 1 aromatic rings. The van der Waals surface area contributed by atoms with Crippen LogP contribution in [0.2, 0.25) is 0 Å². The largest absolute Gasteiger partial charge is 0.469 e. The van der Waals surface area contributed by atoms with Crippen molar-refractivity contribution in [3.63, 3.8) is 0 Å². The molecule has 0 unspecified atom stereocenters. The van der Waals surface area contributed by atoms with Crippen LogP contribution in [0.3, 0.4) is 0 Å². The number of hydrogen-bond donors (Lipinski definition) is 0. The summed E-state index contributed by atoms with van der Waals surface area (Å²) in [5, 5.41) is 0. The number of hydrogen-bond acceptors (Lipinski definition) is 2. The van der Waals surface area contributed by atoms with Gasteiger partial charge in [-0.15, -0.1) is 0 Å². The summed E-state index contributed by atoms with van der Waals surface area (Å²) in [6, 6.07) is 2.21. The molecule has 0 spiro atoms. The second-order valence-corrected chi connectivity index (χ2v) is 7.42. The Morgan fingerprint density at radius 2 is 2.18 bits per heavy atom. The van der Waals surface area contributed by atoms with Crippen LogP contribution in [-0.2, 0) is 17.6 Å². The number of fused-ring (bicyclic) bond motifs is 3. The van der Waals surface area contributed by atoms with Crippen LogP contribution in [-0.4, -0.2) is 11.7 Å². The lowest BCUT2D eigenvalue weighted by molar-refractivity contribution is 0.282. The molecule has 2 nitrogen and oxygen atoms in total. The predicted molar refractivity (Wildman–Crippen MR) is 89.9 cm³/mol. The van der Waals surface area contributed by atoms with E-state index < -0.39 is 0 Å². The van der Waals surface area contributed by atoms with Crippen molar-refractivity contribution in [3.05, 3.63) is 47.5 Å². The monoisotopic (exact) mass is 300 g/mol. The van der Waals surface area contributed by atoms with Crippen LogP contribution >= 0.6 is 0 Å². The normalized spacial score (nSPS) is 32.6. The molecule has 1 aliphatic carbocycles. The van der Waals surface area contributed by atoms with Crippen molar-refractivity contribution in [3.8, 4) is 0 Å². The molecule has 1 aromatic heterocycles. The number of aryl methyl sites for hydroxylation is 1. The van der Waals surface area contributed by atoms with E-state index in [4.69, 9.17) is 9.15 Å². The standard InChI is InChI=1S/C20H28O2/c1-14(2)17-7-5-15(3)11-18-12-16(13-21-18)6-8-19-20(4,22-19)10-9-17/h5,12-13,17,19H,1,6-11H2,2-4H3/t17-,19+,20+/m1/s1. The van der Waals surface area contributed by atoms with Gasteiger partial charge >= 0.3 is 0 Å². The van der Waals surface area contributed by atoms with Crippen molar-refractivity contribution >= 4 is 0 Å². The molecule has 1 aliphatic heterocycles. The van der Waals surface area contributed by atoms with Gasteiger partial charge in [-0.05, 0) is 70.4 Å². The molecule has 2 heterocycles. The molecular formula is C20H28O2. The van der Waals surface area contributed by atoms with Crippen LogP contribution in [0.15, 0.2) is 40.5 Å². The van der Waals surface area contributed by atoms with E-state index in [-0.39, 0.29) is 5.60 Å². The maximum atomic E-state index is 6.00. The first-order valence-electron chi connectivity index (χ1n) is 8.51. The third kappa shape index (κ3) is 3.55. The van der Waals surface area contributed by atoms with Crippen molar-refractivity contribution in [2.45, 2.75) is 71.0 Å². The van der Waals surface area contributed by atoms with Gasteiger partial charge in [-0.2, -0.15) is 0 Å². The van der Waals surface area contributed by atoms with Gasteiger partial charge in [-0.1, -0.05) is 23.8 Å². The fourth-order valence-corrected chi connectivity index (χ4v) is 3.54. The Bertz CT molecular complexity index is 580. The second kappa shape index (κ2) is 6.08. The van der Waals surface area contributed by atoms with E-state index in [2.05, 4.69) is 39.5 Å². The Morgan fingerprint density at radius 3 is 2.95 bits per heavy atom. The number of furan rings is 1. The zero-order chi connectivity index (χ0) is 15.7. The summed E-state index contributed by atoms with van der Waals surface area (Å²) < 4.78 is 11.7. The molecule has 3 atom stereocenters. The summed E-state index contributed by atoms with van der Waals surface area (Å²) in [6.45, 7) is 10.8. The highest BCUT2D eigenvalue weighted by molar-refractivity contribution is 5.19. The molecule has 0 saturated carbocycles. The van der Waals surface area contributed by atoms with Gasteiger partial charge in [0.25, 0.3) is 0 Å². The van der Waals surface area contributed by atoms with Gasteiger partial charge in [0.05, 0.1) is 18.0 Å². The van der Waals surface area contributed by atoms with Crippen LogP contribution in [0.25, 0.3) is 0 Å². The van der Waals surface area contributed by atoms with E-state index >= 15 is 0 Å².